The van der Waals surface area contributed by atoms with Gasteiger partial charge >= 0.3 is 0 Å². The number of benzene rings is 1. The normalized spacial score (nSPS) is 11.4. The zero-order valence-electron chi connectivity index (χ0n) is 12.5. The third-order valence-electron chi connectivity index (χ3n) is 3.19. The molecular weight excluding hydrogens is 366 g/mol. The molecule has 2 aromatic heterocycles. The van der Waals surface area contributed by atoms with E-state index in [4.69, 9.17) is 5.14 Å². The summed E-state index contributed by atoms with van der Waals surface area (Å²) >= 11 is 2.86. The fourth-order valence-electron chi connectivity index (χ4n) is 2.06. The summed E-state index contributed by atoms with van der Waals surface area (Å²) in [5.74, 6) is -0.335. The molecular formula is C15H13N3O3S3. The number of sulfonamides is 1. The van der Waals surface area contributed by atoms with Crippen LogP contribution in [0.1, 0.15) is 15.4 Å². The highest BCUT2D eigenvalue weighted by atomic mass is 32.2. The third kappa shape index (κ3) is 3.54. The second-order valence-electron chi connectivity index (χ2n) is 4.97. The molecule has 3 N–H and O–H groups in total. The van der Waals surface area contributed by atoms with Crippen molar-refractivity contribution in [2.24, 2.45) is 5.14 Å². The summed E-state index contributed by atoms with van der Waals surface area (Å²) in [6.45, 7) is 1.77. The van der Waals surface area contributed by atoms with Crippen molar-refractivity contribution in [2.45, 2.75) is 11.8 Å². The number of rotatable bonds is 4. The van der Waals surface area contributed by atoms with Crippen molar-refractivity contribution in [3.05, 3.63) is 51.7 Å². The highest BCUT2D eigenvalue weighted by molar-refractivity contribution is 7.89. The van der Waals surface area contributed by atoms with Gasteiger partial charge in [-0.25, -0.2) is 18.5 Å². The highest BCUT2D eigenvalue weighted by Gasteiger charge is 2.17. The van der Waals surface area contributed by atoms with Crippen LogP contribution in [-0.4, -0.2) is 19.3 Å². The van der Waals surface area contributed by atoms with Crippen molar-refractivity contribution in [1.29, 1.82) is 0 Å². The van der Waals surface area contributed by atoms with Crippen LogP contribution >= 0.6 is 22.7 Å². The van der Waals surface area contributed by atoms with Gasteiger partial charge in [0, 0.05) is 16.6 Å². The van der Waals surface area contributed by atoms with E-state index in [0.717, 1.165) is 10.6 Å². The zero-order chi connectivity index (χ0) is 17.3. The number of carbonyl (C=O) groups is 1. The van der Waals surface area contributed by atoms with E-state index in [1.807, 2.05) is 16.8 Å². The smallest absolute Gasteiger partial charge is 0.267 e. The van der Waals surface area contributed by atoms with Gasteiger partial charge in [0.1, 0.15) is 9.88 Å². The predicted molar refractivity (Wildman–Crippen MR) is 95.9 cm³/mol. The summed E-state index contributed by atoms with van der Waals surface area (Å²) in [7, 11) is -3.82. The number of primary sulfonamides is 1. The Morgan fingerprint density at radius 1 is 1.29 bits per heavy atom. The number of nitrogens with zero attached hydrogens (tertiary/aromatic N) is 1. The lowest BCUT2D eigenvalue weighted by Gasteiger charge is -2.05. The van der Waals surface area contributed by atoms with Gasteiger partial charge in [0.2, 0.25) is 10.0 Å². The van der Waals surface area contributed by atoms with Gasteiger partial charge in [-0.3, -0.25) is 4.79 Å². The van der Waals surface area contributed by atoms with Crippen molar-refractivity contribution in [1.82, 2.24) is 4.98 Å². The highest BCUT2D eigenvalue weighted by Crippen LogP contribution is 2.30. The fraction of sp³-hybridized carbons (Fsp3) is 0.0667. The minimum Gasteiger partial charge on any atom is -0.321 e. The number of anilines is 1. The molecule has 1 amide bonds. The number of aryl methyl sites for hydroxylation is 1. The van der Waals surface area contributed by atoms with E-state index in [0.29, 0.717) is 16.3 Å². The average Bonchev–Trinajstić information content (AvgIpc) is 3.15. The summed E-state index contributed by atoms with van der Waals surface area (Å²) in [6.07, 6.45) is 0. The average molecular weight is 379 g/mol. The van der Waals surface area contributed by atoms with Crippen molar-refractivity contribution >= 4 is 44.3 Å². The molecule has 3 aromatic rings. The molecule has 124 valence electrons. The quantitative estimate of drug-likeness (QED) is 0.727. The molecule has 0 aliphatic heterocycles. The Labute approximate surface area is 147 Å². The molecule has 6 nitrogen and oxygen atoms in total. The van der Waals surface area contributed by atoms with Gasteiger partial charge in [0.15, 0.2) is 0 Å². The van der Waals surface area contributed by atoms with E-state index in [1.54, 1.807) is 24.3 Å². The number of nitrogens with two attached hydrogens (primary N) is 1. The summed E-state index contributed by atoms with van der Waals surface area (Å²) in [5.41, 5.74) is 1.96. The Bertz CT molecular complexity index is 992. The SMILES string of the molecule is Cc1nc(-c2ccsc2)sc1C(=O)Nc1cccc(S(N)(=O)=O)c1. The molecule has 3 rings (SSSR count). The van der Waals surface area contributed by atoms with Crippen LogP contribution in [0.25, 0.3) is 10.6 Å². The number of carbonyl (C=O) groups excluding carboxylic acids is 1. The molecule has 1 aromatic carbocycles. The van der Waals surface area contributed by atoms with E-state index < -0.39 is 10.0 Å². The Hall–Kier alpha value is -2.07. The lowest BCUT2D eigenvalue weighted by molar-refractivity contribution is 0.102. The van der Waals surface area contributed by atoms with Gasteiger partial charge < -0.3 is 5.32 Å². The van der Waals surface area contributed by atoms with E-state index in [-0.39, 0.29) is 10.8 Å². The second kappa shape index (κ2) is 6.44. The van der Waals surface area contributed by atoms with Gasteiger partial charge in [-0.2, -0.15) is 11.3 Å². The summed E-state index contributed by atoms with van der Waals surface area (Å²) in [5, 5.41) is 12.5. The van der Waals surface area contributed by atoms with Gasteiger partial charge in [0.05, 0.1) is 10.6 Å². The van der Waals surface area contributed by atoms with Crippen molar-refractivity contribution < 1.29 is 13.2 Å². The second-order valence-corrected chi connectivity index (χ2v) is 8.31. The molecule has 0 fully saturated rings. The lowest BCUT2D eigenvalue weighted by Crippen LogP contribution is -2.14. The molecule has 2 heterocycles. The van der Waals surface area contributed by atoms with E-state index in [9.17, 15) is 13.2 Å². The number of thiophene rings is 1. The first-order chi connectivity index (χ1) is 11.3. The number of nitrogens with one attached hydrogen (secondary N) is 1. The molecule has 9 heteroatoms. The lowest BCUT2D eigenvalue weighted by atomic mass is 10.3. The first-order valence-corrected chi connectivity index (χ1v) is 10.1. The van der Waals surface area contributed by atoms with Gasteiger partial charge in [-0.05, 0) is 36.6 Å². The van der Waals surface area contributed by atoms with Gasteiger partial charge in [-0.15, -0.1) is 11.3 Å². The maximum atomic E-state index is 12.5. The number of hydrogen-bond acceptors (Lipinski definition) is 6. The van der Waals surface area contributed by atoms with Crippen molar-refractivity contribution in [3.8, 4) is 10.6 Å². The maximum absolute atomic E-state index is 12.5. The number of aromatic nitrogens is 1. The Kier molecular flexibility index (Phi) is 4.50. The largest absolute Gasteiger partial charge is 0.321 e. The van der Waals surface area contributed by atoms with Crippen LogP contribution < -0.4 is 10.5 Å². The van der Waals surface area contributed by atoms with Crippen LogP contribution in [0, 0.1) is 6.92 Å². The van der Waals surface area contributed by atoms with Crippen LogP contribution in [0.15, 0.2) is 46.0 Å². The standard InChI is InChI=1S/C15H13N3O3S3/c1-9-13(23-15(17-9)10-5-6-22-8-10)14(19)18-11-3-2-4-12(7-11)24(16,20)21/h2-8H,1H3,(H,18,19)(H2,16,20,21). The topological polar surface area (TPSA) is 102 Å². The maximum Gasteiger partial charge on any atom is 0.267 e. The van der Waals surface area contributed by atoms with Gasteiger partial charge in [-0.1, -0.05) is 6.07 Å². The Morgan fingerprint density at radius 2 is 2.08 bits per heavy atom. The minimum atomic E-state index is -3.82. The van der Waals surface area contributed by atoms with E-state index >= 15 is 0 Å². The molecule has 0 saturated heterocycles. The molecule has 0 unspecified atom stereocenters. The first kappa shape index (κ1) is 16.8. The van der Waals surface area contributed by atoms with Crippen LogP contribution in [0.2, 0.25) is 0 Å². The Morgan fingerprint density at radius 3 is 2.75 bits per heavy atom. The van der Waals surface area contributed by atoms with Crippen molar-refractivity contribution in [3.63, 3.8) is 0 Å². The fourth-order valence-corrected chi connectivity index (χ4v) is 4.29. The van der Waals surface area contributed by atoms with E-state index in [2.05, 4.69) is 10.3 Å². The first-order valence-electron chi connectivity index (χ1n) is 6.79. The van der Waals surface area contributed by atoms with E-state index in [1.165, 1.54) is 29.5 Å². The monoisotopic (exact) mass is 379 g/mol. The summed E-state index contributed by atoms with van der Waals surface area (Å²) in [6, 6.07) is 7.76. The summed E-state index contributed by atoms with van der Waals surface area (Å²) < 4.78 is 22.8. The molecule has 0 atom stereocenters. The molecule has 0 saturated carbocycles. The molecule has 0 aliphatic rings. The number of amides is 1. The molecule has 0 aliphatic carbocycles. The van der Waals surface area contributed by atoms with Crippen LogP contribution in [-0.2, 0) is 10.0 Å². The Balaban J connectivity index is 1.86. The summed E-state index contributed by atoms with van der Waals surface area (Å²) in [4.78, 5) is 17.3. The third-order valence-corrected chi connectivity index (χ3v) is 5.99. The molecule has 24 heavy (non-hydrogen) atoms. The number of hydrogen-bond donors (Lipinski definition) is 2. The van der Waals surface area contributed by atoms with Crippen LogP contribution in [0.3, 0.4) is 0 Å². The molecule has 0 radical (unpaired) electrons. The molecule has 0 bridgehead atoms. The zero-order valence-corrected chi connectivity index (χ0v) is 15.0. The van der Waals surface area contributed by atoms with Crippen molar-refractivity contribution in [2.75, 3.05) is 5.32 Å². The number of thiazole rings is 1. The van der Waals surface area contributed by atoms with Crippen LogP contribution in [0.4, 0.5) is 5.69 Å². The molecule has 0 spiro atoms. The van der Waals surface area contributed by atoms with Crippen LogP contribution in [0.5, 0.6) is 0 Å². The van der Waals surface area contributed by atoms with Gasteiger partial charge in [0.25, 0.3) is 5.91 Å². The minimum absolute atomic E-state index is 0.0553. The predicted octanol–water partition coefficient (Wildman–Crippen LogP) is 3.08.